The summed E-state index contributed by atoms with van der Waals surface area (Å²) in [7, 11) is 0. The fraction of sp³-hybridized carbons (Fsp3) is 0.654. The van der Waals surface area contributed by atoms with E-state index in [1.165, 1.54) is 26.8 Å². The number of rotatable bonds is 3. The molecule has 1 spiro atoms. The highest BCUT2D eigenvalue weighted by molar-refractivity contribution is 5.93. The molecule has 0 amide bonds. The van der Waals surface area contributed by atoms with E-state index in [-0.39, 0.29) is 12.2 Å². The molecule has 0 bridgehead atoms. The van der Waals surface area contributed by atoms with E-state index < -0.39 is 76.7 Å². The van der Waals surface area contributed by atoms with Gasteiger partial charge in [-0.3, -0.25) is 19.2 Å². The smallest absolute Gasteiger partial charge is 0.342 e. The summed E-state index contributed by atoms with van der Waals surface area (Å²) < 4.78 is 29.2. The molecular weight excluding hydrogens is 472 g/mol. The summed E-state index contributed by atoms with van der Waals surface area (Å²) in [6.45, 7) is 10.5. The monoisotopic (exact) mass is 504 g/mol. The second kappa shape index (κ2) is 8.54. The predicted octanol–water partition coefficient (Wildman–Crippen LogP) is 1.98. The molecule has 0 aromatic heterocycles. The molecule has 10 heteroatoms. The highest BCUT2D eigenvalue weighted by Gasteiger charge is 2.87. The van der Waals surface area contributed by atoms with Crippen molar-refractivity contribution in [2.45, 2.75) is 90.5 Å². The van der Waals surface area contributed by atoms with Gasteiger partial charge in [-0.15, -0.1) is 0 Å². The fourth-order valence-corrected chi connectivity index (χ4v) is 6.38. The Balaban J connectivity index is 2.01. The largest absolute Gasteiger partial charge is 0.459 e. The number of ether oxygens (including phenoxy) is 5. The number of epoxide rings is 1. The number of carbonyl (C=O) groups is 5. The first-order chi connectivity index (χ1) is 16.7. The number of carbonyl (C=O) groups excluding carboxylic acids is 5. The lowest BCUT2D eigenvalue weighted by molar-refractivity contribution is -0.193. The van der Waals surface area contributed by atoms with Crippen LogP contribution < -0.4 is 0 Å². The zero-order chi connectivity index (χ0) is 26.8. The average molecular weight is 505 g/mol. The molecule has 2 saturated heterocycles. The Morgan fingerprint density at radius 3 is 2.11 bits per heavy atom. The molecule has 4 rings (SSSR count). The topological polar surface area (TPSA) is 135 Å². The number of hydrogen-bond donors (Lipinski definition) is 0. The molecule has 2 aliphatic heterocycles. The quantitative estimate of drug-likeness (QED) is 0.243. The zero-order valence-electron chi connectivity index (χ0n) is 21.5. The lowest BCUT2D eigenvalue weighted by atomic mass is 9.57. The minimum absolute atomic E-state index is 0.162. The van der Waals surface area contributed by atoms with Crippen molar-refractivity contribution in [2.75, 3.05) is 0 Å². The lowest BCUT2D eigenvalue weighted by Gasteiger charge is -2.51. The summed E-state index contributed by atoms with van der Waals surface area (Å²) >= 11 is 0. The molecule has 0 radical (unpaired) electrons. The first-order valence-electron chi connectivity index (χ1n) is 12.0. The van der Waals surface area contributed by atoms with E-state index in [0.29, 0.717) is 5.57 Å². The Hall–Kier alpha value is -3.01. The Morgan fingerprint density at radius 1 is 0.972 bits per heavy atom. The van der Waals surface area contributed by atoms with E-state index in [2.05, 4.69) is 0 Å². The third-order valence-corrected chi connectivity index (χ3v) is 8.00. The van der Waals surface area contributed by atoms with Gasteiger partial charge in [0, 0.05) is 44.4 Å². The highest BCUT2D eigenvalue weighted by atomic mass is 16.7. The van der Waals surface area contributed by atoms with Crippen molar-refractivity contribution in [3.05, 3.63) is 23.8 Å². The summed E-state index contributed by atoms with van der Waals surface area (Å²) in [5.74, 6) is -4.22. The van der Waals surface area contributed by atoms with E-state index in [9.17, 15) is 24.0 Å². The molecule has 2 fully saturated rings. The molecule has 0 aromatic rings. The number of hydrogen-bond acceptors (Lipinski definition) is 10. The van der Waals surface area contributed by atoms with Crippen molar-refractivity contribution in [2.24, 2.45) is 17.3 Å². The molecule has 2 aliphatic carbocycles. The van der Waals surface area contributed by atoms with Crippen LogP contribution in [0.25, 0.3) is 0 Å². The van der Waals surface area contributed by atoms with Crippen LogP contribution in [0.15, 0.2) is 23.8 Å². The van der Waals surface area contributed by atoms with Crippen LogP contribution in [0.2, 0.25) is 0 Å². The van der Waals surface area contributed by atoms with Crippen LogP contribution in [-0.2, 0) is 47.7 Å². The van der Waals surface area contributed by atoms with E-state index in [4.69, 9.17) is 23.7 Å². The van der Waals surface area contributed by atoms with Crippen LogP contribution in [0.1, 0.15) is 54.9 Å². The molecule has 196 valence electrons. The molecule has 9 atom stereocenters. The van der Waals surface area contributed by atoms with Crippen LogP contribution in [-0.4, -0.2) is 65.3 Å². The standard InChI is InChI=1S/C26H32O10/c1-12-10-18(32-14(3)27)21(33-15(4)28)24(6)9-8-17(30)13(2)20(24)22(34-16(5)29)26-19(11-12)35-23(31)25(26,7)36-26/h8-9,11,13,18-22H,10H2,1-7H3. The molecule has 0 saturated carbocycles. The number of allylic oxidation sites excluding steroid dienone is 1. The third-order valence-electron chi connectivity index (χ3n) is 8.00. The van der Waals surface area contributed by atoms with Crippen LogP contribution in [0.3, 0.4) is 0 Å². The van der Waals surface area contributed by atoms with E-state index in [1.54, 1.807) is 39.8 Å². The van der Waals surface area contributed by atoms with Crippen molar-refractivity contribution >= 4 is 29.7 Å². The third kappa shape index (κ3) is 3.77. The first kappa shape index (κ1) is 26.1. The Kier molecular flexibility index (Phi) is 6.18. The fourth-order valence-electron chi connectivity index (χ4n) is 6.38. The highest BCUT2D eigenvalue weighted by Crippen LogP contribution is 2.64. The number of ketones is 1. The van der Waals surface area contributed by atoms with Crippen molar-refractivity contribution in [3.63, 3.8) is 0 Å². The zero-order valence-corrected chi connectivity index (χ0v) is 21.5. The number of fused-ring (bicyclic) bond motifs is 1. The minimum atomic E-state index is -1.40. The van der Waals surface area contributed by atoms with Gasteiger partial charge in [-0.05, 0) is 26.0 Å². The van der Waals surface area contributed by atoms with Crippen LogP contribution in [0, 0.1) is 17.3 Å². The van der Waals surface area contributed by atoms with Gasteiger partial charge >= 0.3 is 23.9 Å². The van der Waals surface area contributed by atoms with Crippen molar-refractivity contribution in [1.29, 1.82) is 0 Å². The molecule has 0 aromatic carbocycles. The second-order valence-corrected chi connectivity index (χ2v) is 10.6. The molecule has 2 heterocycles. The predicted molar refractivity (Wildman–Crippen MR) is 122 cm³/mol. The summed E-state index contributed by atoms with van der Waals surface area (Å²) in [4.78, 5) is 62.7. The van der Waals surface area contributed by atoms with Gasteiger partial charge in [0.25, 0.3) is 0 Å². The first-order valence-corrected chi connectivity index (χ1v) is 12.0. The summed E-state index contributed by atoms with van der Waals surface area (Å²) in [5, 5.41) is 0. The molecule has 10 nitrogen and oxygen atoms in total. The van der Waals surface area contributed by atoms with Gasteiger partial charge in [0.15, 0.2) is 23.1 Å². The van der Waals surface area contributed by atoms with E-state index in [0.717, 1.165) is 0 Å². The molecule has 36 heavy (non-hydrogen) atoms. The van der Waals surface area contributed by atoms with Crippen molar-refractivity contribution in [3.8, 4) is 0 Å². The molecule has 0 N–H and O–H groups in total. The maximum Gasteiger partial charge on any atom is 0.342 e. The Morgan fingerprint density at radius 2 is 1.56 bits per heavy atom. The maximum absolute atomic E-state index is 13.0. The van der Waals surface area contributed by atoms with Crippen molar-refractivity contribution in [1.82, 2.24) is 0 Å². The molecule has 4 aliphatic rings. The van der Waals surface area contributed by atoms with E-state index >= 15 is 0 Å². The minimum Gasteiger partial charge on any atom is -0.459 e. The summed E-state index contributed by atoms with van der Waals surface area (Å²) in [5.41, 5.74) is -3.28. The van der Waals surface area contributed by atoms with Gasteiger partial charge in [-0.25, -0.2) is 4.79 Å². The van der Waals surface area contributed by atoms with Gasteiger partial charge < -0.3 is 23.7 Å². The SMILES string of the molecule is CC(=O)OC1CC(C)=CC2OC(=O)C3(C)OC23C(OC(C)=O)C2C(C)C(=O)C=CC2(C)C1OC(C)=O. The normalized spacial score (nSPS) is 43.1. The van der Waals surface area contributed by atoms with Crippen LogP contribution in [0.4, 0.5) is 0 Å². The average Bonchev–Trinajstić information content (AvgIpc) is 3.34. The molecule has 9 unspecified atom stereocenters. The van der Waals surface area contributed by atoms with Gasteiger partial charge in [0.05, 0.1) is 0 Å². The van der Waals surface area contributed by atoms with Gasteiger partial charge in [0.1, 0.15) is 18.3 Å². The summed E-state index contributed by atoms with van der Waals surface area (Å²) in [6.07, 6.45) is 0.828. The van der Waals surface area contributed by atoms with Gasteiger partial charge in [-0.1, -0.05) is 25.5 Å². The number of esters is 4. The van der Waals surface area contributed by atoms with E-state index in [1.807, 2.05) is 0 Å². The summed E-state index contributed by atoms with van der Waals surface area (Å²) in [6, 6.07) is 0. The van der Waals surface area contributed by atoms with Crippen molar-refractivity contribution < 1.29 is 47.7 Å². The van der Waals surface area contributed by atoms with Gasteiger partial charge in [0.2, 0.25) is 0 Å². The lowest BCUT2D eigenvalue weighted by Crippen LogP contribution is -2.61. The van der Waals surface area contributed by atoms with Crippen LogP contribution in [0.5, 0.6) is 0 Å². The second-order valence-electron chi connectivity index (χ2n) is 10.6. The van der Waals surface area contributed by atoms with Crippen LogP contribution >= 0.6 is 0 Å². The maximum atomic E-state index is 13.0. The van der Waals surface area contributed by atoms with Gasteiger partial charge in [-0.2, -0.15) is 0 Å². The Bertz CT molecular complexity index is 1090. The Labute approximate surface area is 209 Å². The molecular formula is C26H32O10.